The molecule has 1 fully saturated rings. The van der Waals surface area contributed by atoms with Crippen molar-refractivity contribution in [2.75, 3.05) is 18.6 Å². The molecule has 2 rings (SSSR count). The maximum Gasteiger partial charge on any atom is 0.150 e. The first-order valence-electron chi connectivity index (χ1n) is 6.24. The Kier molecular flexibility index (Phi) is 4.20. The maximum absolute atomic E-state index is 13.7. The lowest BCUT2D eigenvalue weighted by atomic mass is 9.94. The number of halogens is 2. The van der Waals surface area contributed by atoms with Crippen LogP contribution in [0.3, 0.4) is 0 Å². The van der Waals surface area contributed by atoms with Crippen LogP contribution in [0.1, 0.15) is 24.4 Å². The number of hydrogen-bond donors (Lipinski definition) is 1. The molecule has 1 aliphatic heterocycles. The van der Waals surface area contributed by atoms with Gasteiger partial charge < -0.3 is 5.32 Å². The van der Waals surface area contributed by atoms with E-state index in [1.807, 2.05) is 0 Å². The second kappa shape index (κ2) is 5.54. The fraction of sp³-hybridized carbons (Fsp3) is 0.538. The average molecular weight is 289 g/mol. The molecule has 1 saturated heterocycles. The van der Waals surface area contributed by atoms with Crippen LogP contribution in [0.25, 0.3) is 0 Å². The van der Waals surface area contributed by atoms with Gasteiger partial charge in [0.25, 0.3) is 0 Å². The van der Waals surface area contributed by atoms with Gasteiger partial charge in [0.1, 0.15) is 11.6 Å². The topological polar surface area (TPSA) is 46.2 Å². The predicted molar refractivity (Wildman–Crippen MR) is 69.5 cm³/mol. The molecule has 0 spiro atoms. The van der Waals surface area contributed by atoms with Crippen LogP contribution in [0.2, 0.25) is 0 Å². The largest absolute Gasteiger partial charge is 0.313 e. The summed E-state index contributed by atoms with van der Waals surface area (Å²) in [5.74, 6) is -0.948. The highest BCUT2D eigenvalue weighted by Gasteiger charge is 2.31. The summed E-state index contributed by atoms with van der Waals surface area (Å²) in [5, 5.41) is 2.88. The van der Waals surface area contributed by atoms with E-state index in [0.29, 0.717) is 12.8 Å². The summed E-state index contributed by atoms with van der Waals surface area (Å²) >= 11 is 0. The van der Waals surface area contributed by atoms with Gasteiger partial charge in [0.15, 0.2) is 9.84 Å². The molecule has 0 radical (unpaired) electrons. The summed E-state index contributed by atoms with van der Waals surface area (Å²) in [4.78, 5) is 0. The molecule has 0 amide bonds. The van der Waals surface area contributed by atoms with E-state index < -0.39 is 27.5 Å². The maximum atomic E-state index is 13.7. The van der Waals surface area contributed by atoms with E-state index in [2.05, 4.69) is 5.32 Å². The first-order valence-corrected chi connectivity index (χ1v) is 8.06. The lowest BCUT2D eigenvalue weighted by molar-refractivity contribution is 0.408. The fourth-order valence-electron chi connectivity index (χ4n) is 2.61. The van der Waals surface area contributed by atoms with Crippen LogP contribution in [0.15, 0.2) is 18.2 Å². The molecule has 1 N–H and O–H groups in total. The lowest BCUT2D eigenvalue weighted by Crippen LogP contribution is -2.22. The molecule has 0 aromatic heterocycles. The summed E-state index contributed by atoms with van der Waals surface area (Å²) in [6.45, 7) is 0. The van der Waals surface area contributed by atoms with Gasteiger partial charge in [-0.05, 0) is 37.9 Å². The van der Waals surface area contributed by atoms with Gasteiger partial charge in [0.2, 0.25) is 0 Å². The summed E-state index contributed by atoms with van der Waals surface area (Å²) in [6, 6.07) is 3.25. The van der Waals surface area contributed by atoms with Crippen LogP contribution in [-0.2, 0) is 9.84 Å². The van der Waals surface area contributed by atoms with Crippen molar-refractivity contribution in [1.82, 2.24) is 5.32 Å². The Morgan fingerprint density at radius 1 is 1.37 bits per heavy atom. The highest BCUT2D eigenvalue weighted by atomic mass is 32.2. The van der Waals surface area contributed by atoms with Crippen LogP contribution < -0.4 is 5.32 Å². The minimum absolute atomic E-state index is 0.00528. The van der Waals surface area contributed by atoms with Crippen LogP contribution in [0.5, 0.6) is 0 Å². The van der Waals surface area contributed by atoms with E-state index in [1.165, 1.54) is 18.2 Å². The normalized spacial score (nSPS) is 23.4. The van der Waals surface area contributed by atoms with Crippen molar-refractivity contribution in [1.29, 1.82) is 0 Å². The van der Waals surface area contributed by atoms with Gasteiger partial charge in [-0.2, -0.15) is 0 Å². The summed E-state index contributed by atoms with van der Waals surface area (Å²) < 4.78 is 50.3. The zero-order valence-electron chi connectivity index (χ0n) is 10.7. The fourth-order valence-corrected chi connectivity index (χ4v) is 4.49. The quantitative estimate of drug-likeness (QED) is 0.923. The number of hydrogen-bond acceptors (Lipinski definition) is 3. The first kappa shape index (κ1) is 14.4. The molecule has 1 heterocycles. The van der Waals surface area contributed by atoms with E-state index in [0.717, 1.165) is 0 Å². The van der Waals surface area contributed by atoms with Gasteiger partial charge in [-0.1, -0.05) is 6.07 Å². The second-order valence-corrected chi connectivity index (χ2v) is 7.21. The van der Waals surface area contributed by atoms with E-state index in [4.69, 9.17) is 0 Å². The zero-order chi connectivity index (χ0) is 14.0. The smallest absolute Gasteiger partial charge is 0.150 e. The number of nitrogens with one attached hydrogen (secondary N) is 1. The van der Waals surface area contributed by atoms with Gasteiger partial charge in [0, 0.05) is 11.6 Å². The van der Waals surface area contributed by atoms with Crippen LogP contribution >= 0.6 is 0 Å². The zero-order valence-corrected chi connectivity index (χ0v) is 11.5. The first-order chi connectivity index (χ1) is 8.93. The van der Waals surface area contributed by atoms with Gasteiger partial charge in [-0.3, -0.25) is 0 Å². The van der Waals surface area contributed by atoms with Crippen LogP contribution in [0.4, 0.5) is 8.78 Å². The monoisotopic (exact) mass is 289 g/mol. The Balaban J connectivity index is 2.17. The van der Waals surface area contributed by atoms with Crippen molar-refractivity contribution in [2.45, 2.75) is 18.9 Å². The molecular weight excluding hydrogens is 272 g/mol. The number of rotatable bonds is 4. The van der Waals surface area contributed by atoms with E-state index >= 15 is 0 Å². The summed E-state index contributed by atoms with van der Waals surface area (Å²) in [5.41, 5.74) is -0.00528. The molecule has 1 aromatic rings. The van der Waals surface area contributed by atoms with E-state index in [-0.39, 0.29) is 23.0 Å². The molecule has 19 heavy (non-hydrogen) atoms. The van der Waals surface area contributed by atoms with Gasteiger partial charge >= 0.3 is 0 Å². The summed E-state index contributed by atoms with van der Waals surface area (Å²) in [7, 11) is -1.34. The van der Waals surface area contributed by atoms with E-state index in [9.17, 15) is 17.2 Å². The SMILES string of the molecule is CNC(CC1CCS(=O)(=O)C1)c1c(F)cccc1F. The Morgan fingerprint density at radius 2 is 2.00 bits per heavy atom. The Morgan fingerprint density at radius 3 is 2.47 bits per heavy atom. The van der Waals surface area contributed by atoms with E-state index in [1.54, 1.807) is 7.05 Å². The minimum atomic E-state index is -2.97. The molecule has 1 aromatic carbocycles. The van der Waals surface area contributed by atoms with Crippen molar-refractivity contribution < 1.29 is 17.2 Å². The number of benzene rings is 1. The second-order valence-electron chi connectivity index (χ2n) is 4.98. The van der Waals surface area contributed by atoms with Crippen molar-refractivity contribution >= 4 is 9.84 Å². The van der Waals surface area contributed by atoms with Gasteiger partial charge in [-0.25, -0.2) is 17.2 Å². The molecule has 2 unspecified atom stereocenters. The Bertz CT molecular complexity index is 540. The molecular formula is C13H17F2NO2S. The molecule has 6 heteroatoms. The highest BCUT2D eigenvalue weighted by molar-refractivity contribution is 7.91. The third-order valence-corrected chi connectivity index (χ3v) is 5.43. The summed E-state index contributed by atoms with van der Waals surface area (Å²) in [6.07, 6.45) is 0.990. The molecule has 0 saturated carbocycles. The van der Waals surface area contributed by atoms with Crippen molar-refractivity contribution in [3.05, 3.63) is 35.4 Å². The molecule has 2 atom stereocenters. The molecule has 1 aliphatic rings. The van der Waals surface area contributed by atoms with Crippen LogP contribution in [-0.4, -0.2) is 27.0 Å². The van der Waals surface area contributed by atoms with Gasteiger partial charge in [-0.15, -0.1) is 0 Å². The molecule has 0 bridgehead atoms. The standard InChI is InChI=1S/C13H17F2NO2S/c1-16-12(7-9-5-6-19(17,18)8-9)13-10(14)3-2-4-11(13)15/h2-4,9,12,16H,5-8H2,1H3. The third-order valence-electron chi connectivity index (χ3n) is 3.59. The Labute approximate surface area is 111 Å². The minimum Gasteiger partial charge on any atom is -0.313 e. The van der Waals surface area contributed by atoms with Crippen LogP contribution in [0, 0.1) is 17.6 Å². The average Bonchev–Trinajstić information content (AvgIpc) is 2.67. The lowest BCUT2D eigenvalue weighted by Gasteiger charge is -2.20. The van der Waals surface area contributed by atoms with Crippen molar-refractivity contribution in [3.8, 4) is 0 Å². The predicted octanol–water partition coefficient (Wildman–Crippen LogP) is 2.05. The molecule has 0 aliphatic carbocycles. The third kappa shape index (κ3) is 3.30. The Hall–Kier alpha value is -1.01. The molecule has 106 valence electrons. The van der Waals surface area contributed by atoms with Crippen molar-refractivity contribution in [3.63, 3.8) is 0 Å². The van der Waals surface area contributed by atoms with Gasteiger partial charge in [0.05, 0.1) is 11.5 Å². The highest BCUT2D eigenvalue weighted by Crippen LogP contribution is 2.31. The molecule has 3 nitrogen and oxygen atoms in total. The number of sulfone groups is 1. The van der Waals surface area contributed by atoms with Crippen molar-refractivity contribution in [2.24, 2.45) is 5.92 Å².